The summed E-state index contributed by atoms with van der Waals surface area (Å²) in [5.74, 6) is 0.184. The van der Waals surface area contributed by atoms with E-state index in [9.17, 15) is 9.18 Å². The third-order valence-corrected chi connectivity index (χ3v) is 4.55. The van der Waals surface area contributed by atoms with Crippen LogP contribution in [-0.4, -0.2) is 16.9 Å². The standard InChI is InChI=1S/C19H22FNO2/c1-19(2)12-13(23-18-14(19)7-4-8-15(18)20)6-3-10-17(22)16-9-5-11-21-16/h4-5,7-9,11,13,21H,3,6,10,12H2,1-2H3. The van der Waals surface area contributed by atoms with E-state index in [1.165, 1.54) is 6.07 Å². The Hall–Kier alpha value is -2.10. The van der Waals surface area contributed by atoms with Gasteiger partial charge in [-0.05, 0) is 42.9 Å². The summed E-state index contributed by atoms with van der Waals surface area (Å²) in [5, 5.41) is 0. The van der Waals surface area contributed by atoms with Crippen molar-refractivity contribution in [3.8, 4) is 5.75 Å². The lowest BCUT2D eigenvalue weighted by Gasteiger charge is -2.37. The quantitative estimate of drug-likeness (QED) is 0.817. The highest BCUT2D eigenvalue weighted by molar-refractivity contribution is 5.94. The molecule has 0 spiro atoms. The van der Waals surface area contributed by atoms with Gasteiger partial charge >= 0.3 is 0 Å². The number of hydrogen-bond acceptors (Lipinski definition) is 2. The van der Waals surface area contributed by atoms with Gasteiger partial charge in [-0.2, -0.15) is 0 Å². The van der Waals surface area contributed by atoms with Crippen molar-refractivity contribution in [3.63, 3.8) is 0 Å². The Bertz CT molecular complexity index is 691. The Kier molecular flexibility index (Phi) is 4.24. The molecule has 1 N–H and O–H groups in total. The lowest BCUT2D eigenvalue weighted by Crippen LogP contribution is -2.34. The zero-order chi connectivity index (χ0) is 16.4. The summed E-state index contributed by atoms with van der Waals surface area (Å²) in [5.41, 5.74) is 1.45. The largest absolute Gasteiger partial charge is 0.487 e. The predicted molar refractivity (Wildman–Crippen MR) is 87.4 cm³/mol. The minimum Gasteiger partial charge on any atom is -0.487 e. The molecule has 2 aromatic rings. The van der Waals surface area contributed by atoms with Gasteiger partial charge in [0.1, 0.15) is 0 Å². The Morgan fingerprint density at radius 1 is 1.35 bits per heavy atom. The molecule has 0 bridgehead atoms. The van der Waals surface area contributed by atoms with Crippen LogP contribution in [0.1, 0.15) is 55.6 Å². The molecular weight excluding hydrogens is 293 g/mol. The summed E-state index contributed by atoms with van der Waals surface area (Å²) in [6, 6.07) is 8.71. The molecule has 1 unspecified atom stereocenters. The Morgan fingerprint density at radius 2 is 2.17 bits per heavy atom. The number of aromatic amines is 1. The molecule has 3 rings (SSSR count). The topological polar surface area (TPSA) is 42.1 Å². The molecule has 1 aromatic carbocycles. The Balaban J connectivity index is 1.62. The van der Waals surface area contributed by atoms with Crippen molar-refractivity contribution in [2.24, 2.45) is 0 Å². The first kappa shape index (κ1) is 15.8. The van der Waals surface area contributed by atoms with Crippen molar-refractivity contribution in [2.75, 3.05) is 0 Å². The molecule has 0 saturated heterocycles. The number of ether oxygens (including phenoxy) is 1. The van der Waals surface area contributed by atoms with Gasteiger partial charge in [0.2, 0.25) is 0 Å². The van der Waals surface area contributed by atoms with Crippen LogP contribution in [0.2, 0.25) is 0 Å². The van der Waals surface area contributed by atoms with E-state index in [0.29, 0.717) is 17.9 Å². The lowest BCUT2D eigenvalue weighted by atomic mass is 9.76. The first-order chi connectivity index (χ1) is 11.0. The van der Waals surface area contributed by atoms with Gasteiger partial charge in [-0.3, -0.25) is 4.79 Å². The van der Waals surface area contributed by atoms with Crippen molar-refractivity contribution in [3.05, 3.63) is 53.6 Å². The molecule has 0 radical (unpaired) electrons. The molecule has 0 aliphatic carbocycles. The van der Waals surface area contributed by atoms with Gasteiger partial charge in [0.05, 0.1) is 11.8 Å². The number of fused-ring (bicyclic) bond motifs is 1. The van der Waals surface area contributed by atoms with Crippen molar-refractivity contribution in [1.82, 2.24) is 4.98 Å². The van der Waals surface area contributed by atoms with E-state index < -0.39 is 0 Å². The molecule has 23 heavy (non-hydrogen) atoms. The molecule has 122 valence electrons. The number of para-hydroxylation sites is 1. The lowest BCUT2D eigenvalue weighted by molar-refractivity contribution is 0.0948. The van der Waals surface area contributed by atoms with Gasteiger partial charge in [0, 0.05) is 18.2 Å². The third kappa shape index (κ3) is 3.31. The van der Waals surface area contributed by atoms with Crippen LogP contribution in [0.4, 0.5) is 4.39 Å². The van der Waals surface area contributed by atoms with E-state index in [1.807, 2.05) is 12.1 Å². The molecule has 1 aromatic heterocycles. The van der Waals surface area contributed by atoms with Crippen LogP contribution >= 0.6 is 0 Å². The van der Waals surface area contributed by atoms with Crippen LogP contribution in [0.3, 0.4) is 0 Å². The number of Topliss-reactive ketones (excluding diaryl/α,β-unsaturated/α-hetero) is 1. The Morgan fingerprint density at radius 3 is 2.91 bits per heavy atom. The van der Waals surface area contributed by atoms with E-state index in [0.717, 1.165) is 24.8 Å². The van der Waals surface area contributed by atoms with E-state index in [-0.39, 0.29) is 23.1 Å². The number of hydrogen-bond donors (Lipinski definition) is 1. The fraction of sp³-hybridized carbons (Fsp3) is 0.421. The van der Waals surface area contributed by atoms with E-state index in [4.69, 9.17) is 4.74 Å². The maximum absolute atomic E-state index is 14.0. The zero-order valence-corrected chi connectivity index (χ0v) is 13.6. The number of aromatic nitrogens is 1. The van der Waals surface area contributed by atoms with Gasteiger partial charge in [0.15, 0.2) is 17.3 Å². The second-order valence-corrected chi connectivity index (χ2v) is 6.84. The summed E-state index contributed by atoms with van der Waals surface area (Å²) in [4.78, 5) is 14.9. The summed E-state index contributed by atoms with van der Waals surface area (Å²) in [6.45, 7) is 4.23. The number of ketones is 1. The van der Waals surface area contributed by atoms with E-state index in [2.05, 4.69) is 18.8 Å². The average molecular weight is 315 g/mol. The molecule has 2 heterocycles. The number of nitrogens with one attached hydrogen (secondary N) is 1. The van der Waals surface area contributed by atoms with Crippen molar-refractivity contribution < 1.29 is 13.9 Å². The molecule has 0 saturated carbocycles. The van der Waals surface area contributed by atoms with Crippen molar-refractivity contribution in [2.45, 2.75) is 51.0 Å². The van der Waals surface area contributed by atoms with Crippen LogP contribution in [0.15, 0.2) is 36.5 Å². The number of rotatable bonds is 5. The summed E-state index contributed by atoms with van der Waals surface area (Å²) in [7, 11) is 0. The zero-order valence-electron chi connectivity index (χ0n) is 13.6. The van der Waals surface area contributed by atoms with Gasteiger partial charge < -0.3 is 9.72 Å². The fourth-order valence-corrected chi connectivity index (χ4v) is 3.34. The molecule has 4 heteroatoms. The molecule has 0 fully saturated rings. The molecular formula is C19H22FNO2. The summed E-state index contributed by atoms with van der Waals surface area (Å²) in [6.07, 6.45) is 4.50. The minimum absolute atomic E-state index is 0.0501. The summed E-state index contributed by atoms with van der Waals surface area (Å²) >= 11 is 0. The van der Waals surface area contributed by atoms with Crippen molar-refractivity contribution >= 4 is 5.78 Å². The second kappa shape index (κ2) is 6.19. The van der Waals surface area contributed by atoms with Crippen LogP contribution in [-0.2, 0) is 5.41 Å². The van der Waals surface area contributed by atoms with Gasteiger partial charge in [-0.25, -0.2) is 4.39 Å². The summed E-state index contributed by atoms with van der Waals surface area (Å²) < 4.78 is 19.9. The predicted octanol–water partition coefficient (Wildman–Crippen LogP) is 4.64. The highest BCUT2D eigenvalue weighted by Gasteiger charge is 2.35. The van der Waals surface area contributed by atoms with Crippen LogP contribution in [0, 0.1) is 5.82 Å². The maximum Gasteiger partial charge on any atom is 0.178 e. The average Bonchev–Trinajstić information content (AvgIpc) is 3.02. The maximum atomic E-state index is 14.0. The van der Waals surface area contributed by atoms with Crippen LogP contribution < -0.4 is 4.74 Å². The van der Waals surface area contributed by atoms with Crippen LogP contribution in [0.5, 0.6) is 5.75 Å². The molecule has 1 atom stereocenters. The SMILES string of the molecule is CC1(C)CC(CCCC(=O)c2ccc[nH]2)Oc2c(F)cccc21. The number of carbonyl (C=O) groups is 1. The van der Waals surface area contributed by atoms with Crippen molar-refractivity contribution in [1.29, 1.82) is 0 Å². The molecule has 0 amide bonds. The van der Waals surface area contributed by atoms with Gasteiger partial charge in [0.25, 0.3) is 0 Å². The van der Waals surface area contributed by atoms with E-state index >= 15 is 0 Å². The number of benzene rings is 1. The molecule has 1 aliphatic rings. The fourth-order valence-electron chi connectivity index (χ4n) is 3.34. The van der Waals surface area contributed by atoms with Gasteiger partial charge in [-0.1, -0.05) is 26.0 Å². The number of H-pyrrole nitrogens is 1. The smallest absolute Gasteiger partial charge is 0.178 e. The second-order valence-electron chi connectivity index (χ2n) is 6.84. The monoisotopic (exact) mass is 315 g/mol. The third-order valence-electron chi connectivity index (χ3n) is 4.55. The first-order valence-electron chi connectivity index (χ1n) is 8.09. The minimum atomic E-state index is -0.303. The van der Waals surface area contributed by atoms with Gasteiger partial charge in [-0.15, -0.1) is 0 Å². The number of carbonyl (C=O) groups excluding carboxylic acids is 1. The molecule has 1 aliphatic heterocycles. The highest BCUT2D eigenvalue weighted by atomic mass is 19.1. The number of halogens is 1. The highest BCUT2D eigenvalue weighted by Crippen LogP contribution is 2.42. The first-order valence-corrected chi connectivity index (χ1v) is 8.09. The van der Waals surface area contributed by atoms with E-state index in [1.54, 1.807) is 18.3 Å². The van der Waals surface area contributed by atoms with Crippen LogP contribution in [0.25, 0.3) is 0 Å². The molecule has 3 nitrogen and oxygen atoms in total. The normalized spacial score (nSPS) is 19.0. The Labute approximate surface area is 135 Å².